The summed E-state index contributed by atoms with van der Waals surface area (Å²) in [4.78, 5) is 0. The molecule has 1 heterocycles. The predicted molar refractivity (Wildman–Crippen MR) is 67.5 cm³/mol. The Hall–Kier alpha value is -1.75. The van der Waals surface area contributed by atoms with Gasteiger partial charge in [-0.05, 0) is 18.9 Å². The molecular formula is C14H15F2N3. The summed E-state index contributed by atoms with van der Waals surface area (Å²) in [5, 5.41) is 7.55. The van der Waals surface area contributed by atoms with E-state index in [4.69, 9.17) is 0 Å². The van der Waals surface area contributed by atoms with E-state index in [1.807, 2.05) is 6.20 Å². The summed E-state index contributed by atoms with van der Waals surface area (Å²) in [6.07, 6.45) is 6.09. The largest absolute Gasteiger partial charge is 0.310 e. The average molecular weight is 263 g/mol. The van der Waals surface area contributed by atoms with Gasteiger partial charge in [0.15, 0.2) is 11.6 Å². The minimum absolute atomic E-state index is 0.243. The van der Waals surface area contributed by atoms with Gasteiger partial charge in [-0.25, -0.2) is 8.78 Å². The Kier molecular flexibility index (Phi) is 3.29. The number of benzene rings is 1. The van der Waals surface area contributed by atoms with E-state index in [0.717, 1.165) is 18.2 Å². The molecule has 1 saturated carbocycles. The Labute approximate surface area is 110 Å². The van der Waals surface area contributed by atoms with Crippen LogP contribution in [0.15, 0.2) is 30.6 Å². The van der Waals surface area contributed by atoms with Gasteiger partial charge in [0.05, 0.1) is 12.7 Å². The minimum Gasteiger partial charge on any atom is -0.310 e. The third kappa shape index (κ3) is 2.98. The van der Waals surface area contributed by atoms with Gasteiger partial charge in [-0.1, -0.05) is 12.1 Å². The van der Waals surface area contributed by atoms with Crippen molar-refractivity contribution in [3.8, 4) is 0 Å². The Morgan fingerprint density at radius 1 is 1.32 bits per heavy atom. The van der Waals surface area contributed by atoms with Crippen LogP contribution in [0, 0.1) is 11.6 Å². The standard InChI is InChI=1S/C14H15F2N3/c15-13-3-1-2-11(14(13)16)9-19-8-10(7-18-19)6-17-12-4-5-12/h1-3,7-8,12,17H,4-6,9H2. The molecular weight excluding hydrogens is 248 g/mol. The van der Waals surface area contributed by atoms with Crippen LogP contribution < -0.4 is 5.32 Å². The molecule has 1 aliphatic rings. The minimum atomic E-state index is -0.819. The smallest absolute Gasteiger partial charge is 0.163 e. The zero-order valence-electron chi connectivity index (χ0n) is 10.4. The molecule has 5 heteroatoms. The molecule has 19 heavy (non-hydrogen) atoms. The molecule has 0 spiro atoms. The lowest BCUT2D eigenvalue weighted by molar-refractivity contribution is 0.492. The molecule has 0 unspecified atom stereocenters. The summed E-state index contributed by atoms with van der Waals surface area (Å²) >= 11 is 0. The highest BCUT2D eigenvalue weighted by Crippen LogP contribution is 2.19. The van der Waals surface area contributed by atoms with Crippen molar-refractivity contribution < 1.29 is 8.78 Å². The van der Waals surface area contributed by atoms with Crippen LogP contribution in [0.5, 0.6) is 0 Å². The van der Waals surface area contributed by atoms with Gasteiger partial charge < -0.3 is 5.32 Å². The predicted octanol–water partition coefficient (Wildman–Crippen LogP) is 2.46. The first-order valence-corrected chi connectivity index (χ1v) is 6.40. The topological polar surface area (TPSA) is 29.9 Å². The van der Waals surface area contributed by atoms with Gasteiger partial charge in [-0.3, -0.25) is 4.68 Å². The number of rotatable bonds is 5. The molecule has 1 N–H and O–H groups in total. The molecule has 100 valence electrons. The number of nitrogens with zero attached hydrogens (tertiary/aromatic N) is 2. The quantitative estimate of drug-likeness (QED) is 0.898. The lowest BCUT2D eigenvalue weighted by Gasteiger charge is -2.04. The van der Waals surface area contributed by atoms with Crippen molar-refractivity contribution >= 4 is 0 Å². The summed E-state index contributed by atoms with van der Waals surface area (Å²) < 4.78 is 28.2. The Bertz CT molecular complexity index is 576. The maximum Gasteiger partial charge on any atom is 0.163 e. The van der Waals surface area contributed by atoms with Crippen LogP contribution in [0.25, 0.3) is 0 Å². The van der Waals surface area contributed by atoms with Crippen LogP contribution in [0.4, 0.5) is 8.78 Å². The van der Waals surface area contributed by atoms with Crippen LogP contribution >= 0.6 is 0 Å². The molecule has 0 aliphatic heterocycles. The Balaban J connectivity index is 1.67. The zero-order valence-corrected chi connectivity index (χ0v) is 10.4. The molecule has 0 saturated heterocycles. The molecule has 0 bridgehead atoms. The molecule has 1 aromatic carbocycles. The third-order valence-electron chi connectivity index (χ3n) is 3.22. The van der Waals surface area contributed by atoms with Crippen molar-refractivity contribution in [3.63, 3.8) is 0 Å². The van der Waals surface area contributed by atoms with Gasteiger partial charge >= 0.3 is 0 Å². The SMILES string of the molecule is Fc1cccc(Cn2cc(CNC3CC3)cn2)c1F. The van der Waals surface area contributed by atoms with Crippen molar-refractivity contribution in [1.29, 1.82) is 0 Å². The second-order valence-corrected chi connectivity index (χ2v) is 4.91. The lowest BCUT2D eigenvalue weighted by Crippen LogP contribution is -2.14. The Morgan fingerprint density at radius 3 is 2.95 bits per heavy atom. The van der Waals surface area contributed by atoms with Crippen LogP contribution in [0.3, 0.4) is 0 Å². The highest BCUT2D eigenvalue weighted by Gasteiger charge is 2.20. The maximum absolute atomic E-state index is 13.5. The lowest BCUT2D eigenvalue weighted by atomic mass is 10.2. The van der Waals surface area contributed by atoms with Gasteiger partial charge in [-0.15, -0.1) is 0 Å². The van der Waals surface area contributed by atoms with Crippen molar-refractivity contribution in [2.24, 2.45) is 0 Å². The summed E-state index contributed by atoms with van der Waals surface area (Å²) in [5.74, 6) is -1.61. The molecule has 0 amide bonds. The fraction of sp³-hybridized carbons (Fsp3) is 0.357. The van der Waals surface area contributed by atoms with E-state index in [2.05, 4.69) is 10.4 Å². The second kappa shape index (κ2) is 5.09. The normalized spacial score (nSPS) is 14.8. The number of halogens is 2. The molecule has 1 aromatic heterocycles. The van der Waals surface area contributed by atoms with E-state index >= 15 is 0 Å². The van der Waals surface area contributed by atoms with Crippen LogP contribution in [-0.4, -0.2) is 15.8 Å². The monoisotopic (exact) mass is 263 g/mol. The highest BCUT2D eigenvalue weighted by atomic mass is 19.2. The van der Waals surface area contributed by atoms with Crippen LogP contribution in [0.1, 0.15) is 24.0 Å². The number of hydrogen-bond donors (Lipinski definition) is 1. The van der Waals surface area contributed by atoms with Crippen molar-refractivity contribution in [2.45, 2.75) is 32.0 Å². The first kappa shape index (κ1) is 12.3. The van der Waals surface area contributed by atoms with Gasteiger partial charge in [-0.2, -0.15) is 5.10 Å². The van der Waals surface area contributed by atoms with Crippen molar-refractivity contribution in [1.82, 2.24) is 15.1 Å². The maximum atomic E-state index is 13.5. The molecule has 2 aromatic rings. The van der Waals surface area contributed by atoms with E-state index in [-0.39, 0.29) is 6.54 Å². The first-order chi connectivity index (χ1) is 9.22. The molecule has 0 radical (unpaired) electrons. The number of hydrogen-bond acceptors (Lipinski definition) is 2. The average Bonchev–Trinajstić information content (AvgIpc) is 3.13. The summed E-state index contributed by atoms with van der Waals surface area (Å²) in [6, 6.07) is 4.84. The van der Waals surface area contributed by atoms with E-state index in [1.165, 1.54) is 18.9 Å². The second-order valence-electron chi connectivity index (χ2n) is 4.91. The zero-order chi connectivity index (χ0) is 13.2. The number of nitrogens with one attached hydrogen (secondary N) is 1. The fourth-order valence-corrected chi connectivity index (χ4v) is 1.98. The first-order valence-electron chi connectivity index (χ1n) is 6.40. The summed E-state index contributed by atoms with van der Waals surface area (Å²) in [7, 11) is 0. The van der Waals surface area contributed by atoms with Crippen LogP contribution in [0.2, 0.25) is 0 Å². The van der Waals surface area contributed by atoms with Crippen molar-refractivity contribution in [3.05, 3.63) is 53.4 Å². The highest BCUT2D eigenvalue weighted by molar-refractivity contribution is 5.19. The van der Waals surface area contributed by atoms with E-state index in [0.29, 0.717) is 11.6 Å². The fourth-order valence-electron chi connectivity index (χ4n) is 1.98. The summed E-state index contributed by atoms with van der Waals surface area (Å²) in [6.45, 7) is 1.02. The molecule has 1 fully saturated rings. The van der Waals surface area contributed by atoms with Crippen LogP contribution in [-0.2, 0) is 13.1 Å². The molecule has 3 nitrogen and oxygen atoms in total. The van der Waals surface area contributed by atoms with Gasteiger partial charge in [0.2, 0.25) is 0 Å². The van der Waals surface area contributed by atoms with E-state index < -0.39 is 11.6 Å². The van der Waals surface area contributed by atoms with E-state index in [1.54, 1.807) is 16.9 Å². The van der Waals surface area contributed by atoms with Crippen molar-refractivity contribution in [2.75, 3.05) is 0 Å². The summed E-state index contributed by atoms with van der Waals surface area (Å²) in [5.41, 5.74) is 1.37. The molecule has 0 atom stereocenters. The molecule has 3 rings (SSSR count). The van der Waals surface area contributed by atoms with Gasteiger partial charge in [0.1, 0.15) is 0 Å². The van der Waals surface area contributed by atoms with E-state index in [9.17, 15) is 8.78 Å². The molecule has 1 aliphatic carbocycles. The number of aromatic nitrogens is 2. The Morgan fingerprint density at radius 2 is 2.16 bits per heavy atom. The van der Waals surface area contributed by atoms with Gasteiger partial charge in [0, 0.05) is 29.9 Å². The third-order valence-corrected chi connectivity index (χ3v) is 3.22. The van der Waals surface area contributed by atoms with Gasteiger partial charge in [0.25, 0.3) is 0 Å².